The van der Waals surface area contributed by atoms with Crippen molar-refractivity contribution in [1.82, 2.24) is 5.32 Å². The number of nitrogens with one attached hydrogen (secondary N) is 1. The third-order valence-electron chi connectivity index (χ3n) is 3.57. The van der Waals surface area contributed by atoms with Crippen molar-refractivity contribution in [3.05, 3.63) is 63.9 Å². The normalized spacial score (nSPS) is 16.3. The van der Waals surface area contributed by atoms with E-state index in [9.17, 15) is 4.39 Å². The molecule has 1 unspecified atom stereocenters. The maximum absolute atomic E-state index is 13.3. The van der Waals surface area contributed by atoms with Crippen molar-refractivity contribution in [3.63, 3.8) is 0 Å². The second kappa shape index (κ2) is 6.22. The van der Waals surface area contributed by atoms with Crippen LogP contribution in [0, 0.1) is 11.7 Å². The fourth-order valence-corrected chi connectivity index (χ4v) is 2.64. The fraction of sp³-hybridized carbons (Fsp3) is 0.250. The number of ether oxygens (including phenoxy) is 1. The first-order valence-electron chi connectivity index (χ1n) is 6.71. The van der Waals surface area contributed by atoms with Gasteiger partial charge in [-0.2, -0.15) is 0 Å². The molecule has 2 aromatic carbocycles. The van der Waals surface area contributed by atoms with Crippen LogP contribution in [0.2, 0.25) is 10.0 Å². The minimum Gasteiger partial charge on any atom is -0.485 e. The maximum Gasteiger partial charge on any atom is 0.129 e. The molecule has 0 aromatic heterocycles. The van der Waals surface area contributed by atoms with Crippen LogP contribution in [0.3, 0.4) is 0 Å². The van der Waals surface area contributed by atoms with E-state index in [1.54, 1.807) is 18.2 Å². The molecule has 1 N–H and O–H groups in total. The number of benzene rings is 2. The molecule has 1 aliphatic rings. The van der Waals surface area contributed by atoms with Gasteiger partial charge >= 0.3 is 0 Å². The van der Waals surface area contributed by atoms with Crippen LogP contribution in [0.15, 0.2) is 42.5 Å². The van der Waals surface area contributed by atoms with E-state index in [4.69, 9.17) is 27.9 Å². The van der Waals surface area contributed by atoms with Crippen LogP contribution in [0.4, 0.5) is 4.39 Å². The highest BCUT2D eigenvalue weighted by molar-refractivity contribution is 6.42. The summed E-state index contributed by atoms with van der Waals surface area (Å²) >= 11 is 12.0. The second-order valence-corrected chi connectivity index (χ2v) is 5.90. The summed E-state index contributed by atoms with van der Waals surface area (Å²) in [5, 5.41) is 4.23. The summed E-state index contributed by atoms with van der Waals surface area (Å²) in [4.78, 5) is 0. The van der Waals surface area contributed by atoms with Crippen molar-refractivity contribution < 1.29 is 9.13 Å². The zero-order chi connectivity index (χ0) is 14.8. The smallest absolute Gasteiger partial charge is 0.129 e. The van der Waals surface area contributed by atoms with E-state index in [1.807, 2.05) is 12.1 Å². The molecular weight excluding hydrogens is 312 g/mol. The lowest BCUT2D eigenvalue weighted by atomic mass is 9.91. The van der Waals surface area contributed by atoms with Gasteiger partial charge in [-0.25, -0.2) is 4.39 Å². The van der Waals surface area contributed by atoms with Crippen molar-refractivity contribution in [3.8, 4) is 5.75 Å². The molecule has 0 radical (unpaired) electrons. The Hall–Kier alpha value is -1.29. The Morgan fingerprint density at radius 3 is 2.52 bits per heavy atom. The first-order valence-corrected chi connectivity index (χ1v) is 7.47. The molecule has 1 atom stereocenters. The minimum atomic E-state index is -0.313. The Kier molecular flexibility index (Phi) is 4.34. The van der Waals surface area contributed by atoms with Crippen LogP contribution >= 0.6 is 23.2 Å². The molecule has 3 rings (SSSR count). The van der Waals surface area contributed by atoms with E-state index in [2.05, 4.69) is 5.32 Å². The summed E-state index contributed by atoms with van der Waals surface area (Å²) in [6, 6.07) is 11.6. The van der Waals surface area contributed by atoms with Crippen molar-refractivity contribution in [2.24, 2.45) is 5.92 Å². The lowest BCUT2D eigenvalue weighted by Gasteiger charge is -2.35. The van der Waals surface area contributed by atoms with Gasteiger partial charge in [0.25, 0.3) is 0 Å². The van der Waals surface area contributed by atoms with Gasteiger partial charge in [-0.05, 0) is 29.8 Å². The van der Waals surface area contributed by atoms with Gasteiger partial charge in [0.15, 0.2) is 0 Å². The van der Waals surface area contributed by atoms with Crippen LogP contribution in [0.1, 0.15) is 11.7 Å². The Labute approximate surface area is 132 Å². The van der Waals surface area contributed by atoms with E-state index in [-0.39, 0.29) is 11.9 Å². The van der Waals surface area contributed by atoms with Gasteiger partial charge in [0.2, 0.25) is 0 Å². The van der Waals surface area contributed by atoms with E-state index >= 15 is 0 Å². The minimum absolute atomic E-state index is 0.178. The number of hydrogen-bond donors (Lipinski definition) is 1. The molecule has 21 heavy (non-hydrogen) atoms. The van der Waals surface area contributed by atoms with Gasteiger partial charge in [0.1, 0.15) is 17.7 Å². The molecule has 0 bridgehead atoms. The summed E-state index contributed by atoms with van der Waals surface area (Å²) in [5.74, 6) is 0.524. The average molecular weight is 326 g/mol. The summed E-state index contributed by atoms with van der Waals surface area (Å²) < 4.78 is 19.3. The molecule has 1 heterocycles. The highest BCUT2D eigenvalue weighted by Gasteiger charge is 2.30. The number of rotatable bonds is 4. The Balaban J connectivity index is 1.88. The third kappa shape index (κ3) is 3.31. The Morgan fingerprint density at radius 1 is 1.10 bits per heavy atom. The van der Waals surface area contributed by atoms with Crippen molar-refractivity contribution >= 4 is 23.2 Å². The lowest BCUT2D eigenvalue weighted by molar-refractivity contribution is 0.0990. The SMILES string of the molecule is Fc1cccc(OC(c2ccc(Cl)c(Cl)c2)C2CNC2)c1. The zero-order valence-corrected chi connectivity index (χ0v) is 12.7. The predicted molar refractivity (Wildman–Crippen MR) is 82.6 cm³/mol. The van der Waals surface area contributed by atoms with Gasteiger partial charge in [0, 0.05) is 25.1 Å². The monoisotopic (exact) mass is 325 g/mol. The van der Waals surface area contributed by atoms with Crippen LogP contribution < -0.4 is 10.1 Å². The van der Waals surface area contributed by atoms with Crippen molar-refractivity contribution in [1.29, 1.82) is 0 Å². The molecule has 5 heteroatoms. The lowest BCUT2D eigenvalue weighted by Crippen LogP contribution is -2.46. The molecule has 0 aliphatic carbocycles. The second-order valence-electron chi connectivity index (χ2n) is 5.09. The molecule has 1 fully saturated rings. The largest absolute Gasteiger partial charge is 0.485 e. The molecule has 0 amide bonds. The standard InChI is InChI=1S/C16H14Cl2FNO/c17-14-5-4-10(6-15(14)18)16(11-8-20-9-11)21-13-3-1-2-12(19)7-13/h1-7,11,16,20H,8-9H2. The Morgan fingerprint density at radius 2 is 1.90 bits per heavy atom. The van der Waals surface area contributed by atoms with E-state index < -0.39 is 0 Å². The Bertz CT molecular complexity index is 646. The highest BCUT2D eigenvalue weighted by atomic mass is 35.5. The third-order valence-corrected chi connectivity index (χ3v) is 4.31. The highest BCUT2D eigenvalue weighted by Crippen LogP contribution is 2.34. The molecular formula is C16H14Cl2FNO. The summed E-state index contributed by atoms with van der Waals surface area (Å²) in [6.07, 6.45) is -0.178. The molecule has 2 aromatic rings. The van der Waals surface area contributed by atoms with E-state index in [0.717, 1.165) is 18.7 Å². The molecule has 2 nitrogen and oxygen atoms in total. The summed E-state index contributed by atoms with van der Waals surface area (Å²) in [7, 11) is 0. The van der Waals surface area contributed by atoms with Gasteiger partial charge in [-0.3, -0.25) is 0 Å². The van der Waals surface area contributed by atoms with Crippen LogP contribution in [0.25, 0.3) is 0 Å². The fourth-order valence-electron chi connectivity index (χ4n) is 2.34. The molecule has 0 spiro atoms. The van der Waals surface area contributed by atoms with Crippen LogP contribution in [0.5, 0.6) is 5.75 Å². The predicted octanol–water partition coefficient (Wildman–Crippen LogP) is 4.47. The van der Waals surface area contributed by atoms with Gasteiger partial charge in [0.05, 0.1) is 10.0 Å². The molecule has 1 aliphatic heterocycles. The van der Waals surface area contributed by atoms with Gasteiger partial charge in [-0.1, -0.05) is 35.3 Å². The van der Waals surface area contributed by atoms with E-state index in [1.165, 1.54) is 12.1 Å². The molecule has 110 valence electrons. The van der Waals surface area contributed by atoms with Crippen LogP contribution in [-0.4, -0.2) is 13.1 Å². The average Bonchev–Trinajstić information content (AvgIpc) is 2.39. The first kappa shape index (κ1) is 14.6. The quantitative estimate of drug-likeness (QED) is 0.895. The maximum atomic E-state index is 13.3. The molecule has 1 saturated heterocycles. The topological polar surface area (TPSA) is 21.3 Å². The van der Waals surface area contributed by atoms with Crippen molar-refractivity contribution in [2.75, 3.05) is 13.1 Å². The van der Waals surface area contributed by atoms with E-state index in [0.29, 0.717) is 21.7 Å². The molecule has 0 saturated carbocycles. The van der Waals surface area contributed by atoms with Gasteiger partial charge in [-0.15, -0.1) is 0 Å². The number of hydrogen-bond acceptors (Lipinski definition) is 2. The van der Waals surface area contributed by atoms with Crippen molar-refractivity contribution in [2.45, 2.75) is 6.10 Å². The van der Waals surface area contributed by atoms with Gasteiger partial charge < -0.3 is 10.1 Å². The first-order chi connectivity index (χ1) is 10.1. The summed E-state index contributed by atoms with van der Waals surface area (Å²) in [5.41, 5.74) is 0.945. The zero-order valence-electron chi connectivity index (χ0n) is 11.2. The number of halogens is 3. The summed E-state index contributed by atoms with van der Waals surface area (Å²) in [6.45, 7) is 1.72. The van der Waals surface area contributed by atoms with Crippen LogP contribution in [-0.2, 0) is 0 Å².